The van der Waals surface area contributed by atoms with Crippen molar-refractivity contribution >= 4 is 17.7 Å². The summed E-state index contributed by atoms with van der Waals surface area (Å²) >= 11 is 1.39. The molecule has 0 radical (unpaired) electrons. The second-order valence-corrected chi connectivity index (χ2v) is 7.26. The molecule has 0 aliphatic carbocycles. The second kappa shape index (κ2) is 8.15. The van der Waals surface area contributed by atoms with Crippen molar-refractivity contribution in [1.29, 1.82) is 0 Å². The van der Waals surface area contributed by atoms with Gasteiger partial charge >= 0.3 is 0 Å². The summed E-state index contributed by atoms with van der Waals surface area (Å²) in [6, 6.07) is 21.7. The molecule has 2 aromatic carbocycles. The Kier molecular flexibility index (Phi) is 5.68. The van der Waals surface area contributed by atoms with Crippen LogP contribution in [0.5, 0.6) is 0 Å². The largest absolute Gasteiger partial charge is 0.348 e. The second-order valence-electron chi connectivity index (χ2n) is 6.18. The first kappa shape index (κ1) is 18.1. The fourth-order valence-electron chi connectivity index (χ4n) is 2.58. The van der Waals surface area contributed by atoms with E-state index in [9.17, 15) is 4.79 Å². The average molecular weight is 363 g/mol. The lowest BCUT2D eigenvalue weighted by Gasteiger charge is -2.20. The van der Waals surface area contributed by atoms with Crippen LogP contribution in [0, 0.1) is 6.92 Å². The molecule has 1 atom stereocenters. The van der Waals surface area contributed by atoms with Crippen LogP contribution in [0.25, 0.3) is 11.3 Å². The van der Waals surface area contributed by atoms with Crippen molar-refractivity contribution in [1.82, 2.24) is 14.9 Å². The highest BCUT2D eigenvalue weighted by Gasteiger charge is 2.25. The third kappa shape index (κ3) is 4.29. The van der Waals surface area contributed by atoms with Crippen LogP contribution in [-0.4, -0.2) is 34.9 Å². The molecule has 132 valence electrons. The number of benzene rings is 2. The first-order chi connectivity index (χ1) is 12.5. The molecule has 1 aromatic heterocycles. The molecular weight excluding hydrogens is 342 g/mol. The van der Waals surface area contributed by atoms with E-state index in [0.717, 1.165) is 22.5 Å². The molecule has 1 amide bonds. The maximum absolute atomic E-state index is 12.7. The summed E-state index contributed by atoms with van der Waals surface area (Å²) in [5.74, 6) is 0.0209. The summed E-state index contributed by atoms with van der Waals surface area (Å²) in [5.41, 5.74) is 3.73. The van der Waals surface area contributed by atoms with E-state index < -0.39 is 0 Å². The first-order valence-electron chi connectivity index (χ1n) is 8.38. The van der Waals surface area contributed by atoms with Crippen molar-refractivity contribution in [2.75, 3.05) is 14.1 Å². The number of thioether (sulfide) groups is 1. The number of rotatable bonds is 5. The van der Waals surface area contributed by atoms with Crippen LogP contribution >= 0.6 is 11.8 Å². The zero-order chi connectivity index (χ0) is 18.5. The number of hydrogen-bond donors (Lipinski definition) is 0. The molecule has 0 bridgehead atoms. The quantitative estimate of drug-likeness (QED) is 0.499. The van der Waals surface area contributed by atoms with Gasteiger partial charge in [0.15, 0.2) is 5.16 Å². The van der Waals surface area contributed by atoms with Gasteiger partial charge in [-0.15, -0.1) is 0 Å². The van der Waals surface area contributed by atoms with E-state index in [0.29, 0.717) is 5.16 Å². The van der Waals surface area contributed by atoms with Gasteiger partial charge in [-0.2, -0.15) is 0 Å². The molecule has 0 aliphatic heterocycles. The number of carbonyl (C=O) groups is 1. The molecule has 26 heavy (non-hydrogen) atoms. The summed E-state index contributed by atoms with van der Waals surface area (Å²) in [6.07, 6.45) is 0. The molecule has 0 aliphatic rings. The molecule has 0 saturated heterocycles. The van der Waals surface area contributed by atoms with Gasteiger partial charge < -0.3 is 4.90 Å². The number of amides is 1. The van der Waals surface area contributed by atoms with Gasteiger partial charge in [0.2, 0.25) is 5.91 Å². The predicted molar refractivity (Wildman–Crippen MR) is 106 cm³/mol. The molecule has 0 fully saturated rings. The fraction of sp³-hybridized carbons (Fsp3) is 0.190. The molecule has 0 N–H and O–H groups in total. The number of hydrogen-bond acceptors (Lipinski definition) is 4. The minimum Gasteiger partial charge on any atom is -0.348 e. The lowest BCUT2D eigenvalue weighted by molar-refractivity contribution is -0.128. The number of likely N-dealkylation sites (N-methyl/N-ethyl adjacent to an activating group) is 1. The standard InChI is InChI=1S/C21H21N3OS/c1-15-14-18(16-10-6-4-7-11-16)23-21(22-15)26-19(20(25)24(2)3)17-12-8-5-9-13-17/h4-14,19H,1-3H3/t19-/m0/s1. The predicted octanol–water partition coefficient (Wildman–Crippen LogP) is 4.37. The minimum absolute atomic E-state index is 0.0209. The van der Waals surface area contributed by atoms with E-state index >= 15 is 0 Å². The Bertz CT molecular complexity index is 882. The van der Waals surface area contributed by atoms with E-state index in [1.54, 1.807) is 19.0 Å². The molecule has 5 heteroatoms. The van der Waals surface area contributed by atoms with Crippen LogP contribution in [0.2, 0.25) is 0 Å². The van der Waals surface area contributed by atoms with Crippen LogP contribution < -0.4 is 0 Å². The minimum atomic E-state index is -0.378. The molecule has 1 heterocycles. The smallest absolute Gasteiger partial charge is 0.240 e. The van der Waals surface area contributed by atoms with Crippen molar-refractivity contribution in [3.8, 4) is 11.3 Å². The first-order valence-corrected chi connectivity index (χ1v) is 9.26. The van der Waals surface area contributed by atoms with E-state index in [2.05, 4.69) is 4.98 Å². The van der Waals surface area contributed by atoms with Crippen molar-refractivity contribution in [3.05, 3.63) is 78.0 Å². The Morgan fingerprint density at radius 3 is 2.19 bits per heavy atom. The molecule has 0 unspecified atom stereocenters. The highest BCUT2D eigenvalue weighted by molar-refractivity contribution is 8.00. The van der Waals surface area contributed by atoms with Crippen LogP contribution in [0.3, 0.4) is 0 Å². The van der Waals surface area contributed by atoms with Crippen LogP contribution in [0.4, 0.5) is 0 Å². The Morgan fingerprint density at radius 2 is 1.58 bits per heavy atom. The molecule has 3 aromatic rings. The van der Waals surface area contributed by atoms with E-state index in [-0.39, 0.29) is 11.2 Å². The zero-order valence-electron chi connectivity index (χ0n) is 15.1. The Labute approximate surface area is 158 Å². The maximum Gasteiger partial charge on any atom is 0.240 e. The third-order valence-electron chi connectivity index (χ3n) is 3.89. The summed E-state index contributed by atoms with van der Waals surface area (Å²) in [7, 11) is 3.54. The summed E-state index contributed by atoms with van der Waals surface area (Å²) in [6.45, 7) is 1.95. The van der Waals surface area contributed by atoms with E-state index in [4.69, 9.17) is 4.98 Å². The Hall–Kier alpha value is -2.66. The van der Waals surface area contributed by atoms with Gasteiger partial charge in [0.25, 0.3) is 0 Å². The SMILES string of the molecule is Cc1cc(-c2ccccc2)nc(S[C@H](C(=O)N(C)C)c2ccccc2)n1. The highest BCUT2D eigenvalue weighted by Crippen LogP contribution is 2.35. The summed E-state index contributed by atoms with van der Waals surface area (Å²) < 4.78 is 0. The average Bonchev–Trinajstić information content (AvgIpc) is 2.66. The van der Waals surface area contributed by atoms with Crippen LogP contribution in [-0.2, 0) is 4.79 Å². The van der Waals surface area contributed by atoms with Gasteiger partial charge in [-0.25, -0.2) is 9.97 Å². The van der Waals surface area contributed by atoms with Gasteiger partial charge in [-0.1, -0.05) is 72.4 Å². The Morgan fingerprint density at radius 1 is 0.962 bits per heavy atom. The number of aromatic nitrogens is 2. The molecule has 0 saturated carbocycles. The van der Waals surface area contributed by atoms with Crippen molar-refractivity contribution in [2.45, 2.75) is 17.3 Å². The topological polar surface area (TPSA) is 46.1 Å². The summed E-state index contributed by atoms with van der Waals surface area (Å²) in [4.78, 5) is 23.6. The van der Waals surface area contributed by atoms with Gasteiger partial charge in [0.1, 0.15) is 5.25 Å². The van der Waals surface area contributed by atoms with Crippen molar-refractivity contribution in [2.24, 2.45) is 0 Å². The number of nitrogens with zero attached hydrogens (tertiary/aromatic N) is 3. The number of carbonyl (C=O) groups excluding carboxylic acids is 1. The van der Waals surface area contributed by atoms with Crippen molar-refractivity contribution in [3.63, 3.8) is 0 Å². The molecule has 4 nitrogen and oxygen atoms in total. The molecule has 0 spiro atoms. The Balaban J connectivity index is 1.97. The normalized spacial score (nSPS) is 11.8. The van der Waals surface area contributed by atoms with Gasteiger partial charge in [-0.3, -0.25) is 4.79 Å². The van der Waals surface area contributed by atoms with Gasteiger partial charge in [0, 0.05) is 25.4 Å². The lowest BCUT2D eigenvalue weighted by Crippen LogP contribution is -2.26. The van der Waals surface area contributed by atoms with E-state index in [1.165, 1.54) is 11.8 Å². The van der Waals surface area contributed by atoms with Crippen LogP contribution in [0.1, 0.15) is 16.5 Å². The molecular formula is C21H21N3OS. The summed E-state index contributed by atoms with van der Waals surface area (Å²) in [5, 5.41) is 0.226. The van der Waals surface area contributed by atoms with Crippen LogP contribution in [0.15, 0.2) is 71.9 Å². The fourth-order valence-corrected chi connectivity index (χ4v) is 3.74. The monoisotopic (exact) mass is 363 g/mol. The zero-order valence-corrected chi connectivity index (χ0v) is 15.9. The third-order valence-corrected chi connectivity index (χ3v) is 5.00. The van der Waals surface area contributed by atoms with E-state index in [1.807, 2.05) is 73.7 Å². The van der Waals surface area contributed by atoms with Crippen molar-refractivity contribution < 1.29 is 4.79 Å². The van der Waals surface area contributed by atoms with Gasteiger partial charge in [-0.05, 0) is 18.6 Å². The number of aryl methyl sites for hydroxylation is 1. The molecule has 3 rings (SSSR count). The maximum atomic E-state index is 12.7. The van der Waals surface area contributed by atoms with Gasteiger partial charge in [0.05, 0.1) is 5.69 Å². The highest BCUT2D eigenvalue weighted by atomic mass is 32.2. The lowest BCUT2D eigenvalue weighted by atomic mass is 10.1.